The molecule has 1 aliphatic heterocycles. The number of nitrogens with one attached hydrogen (secondary N) is 1. The van der Waals surface area contributed by atoms with Gasteiger partial charge in [-0.2, -0.15) is 0 Å². The summed E-state index contributed by atoms with van der Waals surface area (Å²) in [6.07, 6.45) is 3.83. The molecular weight excluding hydrogens is 276 g/mol. The quantitative estimate of drug-likeness (QED) is 0.868. The third kappa shape index (κ3) is 3.82. The minimum Gasteiger partial charge on any atom is -0.345 e. The Bertz CT molecular complexity index is 458. The first-order valence-corrected chi connectivity index (χ1v) is 8.61. The topological polar surface area (TPSA) is 49.4 Å². The molecule has 0 aromatic rings. The predicted octanol–water partition coefficient (Wildman–Crippen LogP) is 2.96. The molecule has 2 amide bonds. The largest absolute Gasteiger partial charge is 0.345 e. The van der Waals surface area contributed by atoms with E-state index in [9.17, 15) is 9.59 Å². The van der Waals surface area contributed by atoms with Crippen molar-refractivity contribution in [1.29, 1.82) is 0 Å². The van der Waals surface area contributed by atoms with Crippen molar-refractivity contribution in [2.75, 3.05) is 6.54 Å². The van der Waals surface area contributed by atoms with Crippen LogP contribution in [0.5, 0.6) is 0 Å². The van der Waals surface area contributed by atoms with E-state index >= 15 is 0 Å². The summed E-state index contributed by atoms with van der Waals surface area (Å²) in [5.41, 5.74) is 0.542. The van der Waals surface area contributed by atoms with Gasteiger partial charge >= 0.3 is 0 Å². The van der Waals surface area contributed by atoms with E-state index in [1.807, 2.05) is 25.7 Å². The van der Waals surface area contributed by atoms with E-state index in [0.717, 1.165) is 19.4 Å². The fourth-order valence-electron chi connectivity index (χ4n) is 4.70. The predicted molar refractivity (Wildman–Crippen MR) is 88.3 cm³/mol. The van der Waals surface area contributed by atoms with Crippen molar-refractivity contribution in [3.05, 3.63) is 0 Å². The molecule has 4 nitrogen and oxygen atoms in total. The van der Waals surface area contributed by atoms with Crippen LogP contribution in [0.4, 0.5) is 0 Å². The van der Waals surface area contributed by atoms with Gasteiger partial charge in [0.15, 0.2) is 0 Å². The van der Waals surface area contributed by atoms with Crippen molar-refractivity contribution in [3.8, 4) is 0 Å². The van der Waals surface area contributed by atoms with Gasteiger partial charge in [0.2, 0.25) is 11.8 Å². The number of carbonyl (C=O) groups is 2. The highest BCUT2D eigenvalue weighted by Gasteiger charge is 2.51. The van der Waals surface area contributed by atoms with Gasteiger partial charge in [-0.25, -0.2) is 0 Å². The number of rotatable bonds is 4. The Morgan fingerprint density at radius 3 is 2.41 bits per heavy atom. The third-order valence-electron chi connectivity index (χ3n) is 5.04. The van der Waals surface area contributed by atoms with E-state index in [2.05, 4.69) is 26.1 Å². The zero-order chi connectivity index (χ0) is 16.7. The number of hydrogen-bond acceptors (Lipinski definition) is 2. The zero-order valence-electron chi connectivity index (χ0n) is 15.0. The van der Waals surface area contributed by atoms with Crippen LogP contribution in [-0.4, -0.2) is 35.3 Å². The monoisotopic (exact) mass is 308 g/mol. The normalized spacial score (nSPS) is 31.2. The van der Waals surface area contributed by atoms with Gasteiger partial charge in [-0.15, -0.1) is 0 Å². The van der Waals surface area contributed by atoms with E-state index in [1.165, 1.54) is 6.42 Å². The second-order valence-electron chi connectivity index (χ2n) is 9.07. The molecule has 0 spiro atoms. The Hall–Kier alpha value is -1.06. The minimum absolute atomic E-state index is 0.0236. The fourth-order valence-corrected chi connectivity index (χ4v) is 4.70. The highest BCUT2D eigenvalue weighted by molar-refractivity contribution is 5.87. The lowest BCUT2D eigenvalue weighted by Gasteiger charge is -2.39. The minimum atomic E-state index is -0.419. The number of fused-ring (bicyclic) bond motifs is 2. The first-order chi connectivity index (χ1) is 10.0. The van der Waals surface area contributed by atoms with Crippen LogP contribution in [0.3, 0.4) is 0 Å². The zero-order valence-corrected chi connectivity index (χ0v) is 15.0. The third-order valence-corrected chi connectivity index (χ3v) is 5.04. The van der Waals surface area contributed by atoms with Gasteiger partial charge in [0.1, 0.15) is 6.04 Å². The van der Waals surface area contributed by atoms with E-state index in [-0.39, 0.29) is 17.2 Å². The Balaban J connectivity index is 2.00. The Kier molecular flexibility index (Phi) is 4.61. The molecule has 1 aliphatic carbocycles. The van der Waals surface area contributed by atoms with Gasteiger partial charge in [-0.3, -0.25) is 9.59 Å². The summed E-state index contributed by atoms with van der Waals surface area (Å²) >= 11 is 0. The summed E-state index contributed by atoms with van der Waals surface area (Å²) in [6.45, 7) is 13.6. The second kappa shape index (κ2) is 5.86. The summed E-state index contributed by atoms with van der Waals surface area (Å²) in [6, 6.07) is -0.0805. The number of hydrogen-bond donors (Lipinski definition) is 1. The standard InChI is InChI=1S/C18H32N2O2/c1-12(2)7-15(21)19-13(3)16(22)20-11-18(6)9-14(20)8-17(4,5)10-18/h12-14H,7-11H2,1-6H3,(H,19,21). The van der Waals surface area contributed by atoms with E-state index in [0.29, 0.717) is 23.8 Å². The summed E-state index contributed by atoms with van der Waals surface area (Å²) in [7, 11) is 0. The van der Waals surface area contributed by atoms with Crippen LogP contribution >= 0.6 is 0 Å². The molecule has 1 heterocycles. The number of likely N-dealkylation sites (tertiary alicyclic amines) is 1. The molecule has 0 aromatic carbocycles. The van der Waals surface area contributed by atoms with Crippen molar-refractivity contribution < 1.29 is 9.59 Å². The molecule has 2 fully saturated rings. The lowest BCUT2D eigenvalue weighted by Crippen LogP contribution is -2.49. The maximum atomic E-state index is 12.8. The highest BCUT2D eigenvalue weighted by atomic mass is 16.2. The van der Waals surface area contributed by atoms with Crippen LogP contribution in [-0.2, 0) is 9.59 Å². The molecule has 2 bridgehead atoms. The Labute approximate surface area is 135 Å². The summed E-state index contributed by atoms with van der Waals surface area (Å²) in [5, 5.41) is 2.87. The average molecular weight is 308 g/mol. The van der Waals surface area contributed by atoms with Crippen molar-refractivity contribution in [2.45, 2.75) is 79.3 Å². The number of amides is 2. The molecule has 2 rings (SSSR count). The van der Waals surface area contributed by atoms with Gasteiger partial charge in [0.05, 0.1) is 0 Å². The van der Waals surface area contributed by atoms with Crippen molar-refractivity contribution in [3.63, 3.8) is 0 Å². The van der Waals surface area contributed by atoms with Gasteiger partial charge in [-0.1, -0.05) is 34.6 Å². The average Bonchev–Trinajstić information content (AvgIpc) is 2.56. The molecule has 3 atom stereocenters. The van der Waals surface area contributed by atoms with E-state index in [4.69, 9.17) is 0 Å². The van der Waals surface area contributed by atoms with Crippen LogP contribution in [0.25, 0.3) is 0 Å². The fraction of sp³-hybridized carbons (Fsp3) is 0.889. The summed E-state index contributed by atoms with van der Waals surface area (Å²) in [5.74, 6) is 0.376. The first kappa shape index (κ1) is 17.3. The van der Waals surface area contributed by atoms with Crippen LogP contribution in [0.2, 0.25) is 0 Å². The lowest BCUT2D eigenvalue weighted by molar-refractivity contribution is -0.137. The molecule has 0 radical (unpaired) electrons. The molecular formula is C18H32N2O2. The van der Waals surface area contributed by atoms with Crippen LogP contribution in [0, 0.1) is 16.7 Å². The molecule has 2 aliphatic rings. The molecule has 0 aromatic heterocycles. The Morgan fingerprint density at radius 1 is 1.18 bits per heavy atom. The first-order valence-electron chi connectivity index (χ1n) is 8.61. The van der Waals surface area contributed by atoms with Gasteiger partial charge in [-0.05, 0) is 42.9 Å². The maximum Gasteiger partial charge on any atom is 0.245 e. The van der Waals surface area contributed by atoms with Crippen LogP contribution in [0.1, 0.15) is 67.2 Å². The lowest BCUT2D eigenvalue weighted by atomic mass is 9.65. The molecule has 4 heteroatoms. The van der Waals surface area contributed by atoms with Crippen molar-refractivity contribution in [1.82, 2.24) is 10.2 Å². The molecule has 22 heavy (non-hydrogen) atoms. The Morgan fingerprint density at radius 2 is 1.82 bits per heavy atom. The van der Waals surface area contributed by atoms with E-state index in [1.54, 1.807) is 0 Å². The maximum absolute atomic E-state index is 12.8. The molecule has 1 saturated carbocycles. The summed E-state index contributed by atoms with van der Waals surface area (Å²) < 4.78 is 0. The molecule has 1 saturated heterocycles. The number of nitrogens with zero attached hydrogens (tertiary/aromatic N) is 1. The smallest absolute Gasteiger partial charge is 0.245 e. The van der Waals surface area contributed by atoms with Crippen LogP contribution < -0.4 is 5.32 Å². The molecule has 126 valence electrons. The van der Waals surface area contributed by atoms with Crippen molar-refractivity contribution in [2.24, 2.45) is 16.7 Å². The summed E-state index contributed by atoms with van der Waals surface area (Å²) in [4.78, 5) is 26.7. The second-order valence-corrected chi connectivity index (χ2v) is 9.07. The molecule has 1 N–H and O–H groups in total. The van der Waals surface area contributed by atoms with Gasteiger partial charge in [0.25, 0.3) is 0 Å². The van der Waals surface area contributed by atoms with Gasteiger partial charge in [0, 0.05) is 19.0 Å². The van der Waals surface area contributed by atoms with Gasteiger partial charge < -0.3 is 10.2 Å². The SMILES string of the molecule is CC(C)CC(=O)NC(C)C(=O)N1CC2(C)CC1CC(C)(C)C2. The van der Waals surface area contributed by atoms with Crippen molar-refractivity contribution >= 4 is 11.8 Å². The van der Waals surface area contributed by atoms with Crippen LogP contribution in [0.15, 0.2) is 0 Å². The van der Waals surface area contributed by atoms with E-state index < -0.39 is 6.04 Å². The highest BCUT2D eigenvalue weighted by Crippen LogP contribution is 2.52. The molecule has 3 unspecified atom stereocenters. The number of carbonyl (C=O) groups excluding carboxylic acids is 2.